The number of para-hydroxylation sites is 1. The molecule has 0 spiro atoms. The van der Waals surface area contributed by atoms with Gasteiger partial charge >= 0.3 is 0 Å². The second kappa shape index (κ2) is 10.2. The predicted molar refractivity (Wildman–Crippen MR) is 115 cm³/mol. The van der Waals surface area contributed by atoms with Crippen molar-refractivity contribution in [2.24, 2.45) is 4.99 Å². The van der Waals surface area contributed by atoms with E-state index in [9.17, 15) is 9.59 Å². The number of nitrogens with zero attached hydrogens (tertiary/aromatic N) is 2. The number of aryl methyl sites for hydroxylation is 1. The molecule has 0 saturated heterocycles. The molecule has 6 nitrogen and oxygen atoms in total. The van der Waals surface area contributed by atoms with Crippen LogP contribution >= 0.6 is 0 Å². The summed E-state index contributed by atoms with van der Waals surface area (Å²) >= 11 is 0. The maximum absolute atomic E-state index is 12.4. The highest BCUT2D eigenvalue weighted by Crippen LogP contribution is 2.17. The zero-order valence-electron chi connectivity index (χ0n) is 17.2. The first kappa shape index (κ1) is 21.0. The summed E-state index contributed by atoms with van der Waals surface area (Å²) in [6, 6.07) is 20.6. The number of amides is 2. The SMILES string of the molecule is CCOc1ccccc1C(=O)NCC(=O)N=c1ccccn1Cc1ccc(C)cc1. The van der Waals surface area contributed by atoms with Gasteiger partial charge in [0.15, 0.2) is 0 Å². The molecule has 3 aromatic rings. The molecule has 1 N–H and O–H groups in total. The first-order chi connectivity index (χ1) is 14.6. The number of carbonyl (C=O) groups is 2. The first-order valence-corrected chi connectivity index (χ1v) is 9.85. The highest BCUT2D eigenvalue weighted by atomic mass is 16.5. The van der Waals surface area contributed by atoms with Crippen molar-refractivity contribution in [3.05, 3.63) is 95.1 Å². The maximum Gasteiger partial charge on any atom is 0.267 e. The number of ether oxygens (including phenoxy) is 1. The van der Waals surface area contributed by atoms with Gasteiger partial charge in [-0.25, -0.2) is 0 Å². The highest BCUT2D eigenvalue weighted by molar-refractivity contribution is 5.98. The smallest absolute Gasteiger partial charge is 0.267 e. The van der Waals surface area contributed by atoms with Crippen molar-refractivity contribution < 1.29 is 14.3 Å². The number of carbonyl (C=O) groups excluding carboxylic acids is 2. The Morgan fingerprint density at radius 2 is 1.73 bits per heavy atom. The third-order valence-electron chi connectivity index (χ3n) is 4.46. The minimum Gasteiger partial charge on any atom is -0.493 e. The zero-order valence-corrected chi connectivity index (χ0v) is 17.2. The number of hydrogen-bond donors (Lipinski definition) is 1. The monoisotopic (exact) mass is 403 g/mol. The fourth-order valence-corrected chi connectivity index (χ4v) is 2.95. The number of rotatable bonds is 7. The molecule has 0 aliphatic carbocycles. The van der Waals surface area contributed by atoms with E-state index in [2.05, 4.69) is 34.6 Å². The third-order valence-corrected chi connectivity index (χ3v) is 4.46. The molecule has 1 heterocycles. The normalized spacial score (nSPS) is 11.2. The summed E-state index contributed by atoms with van der Waals surface area (Å²) in [7, 11) is 0. The summed E-state index contributed by atoms with van der Waals surface area (Å²) in [5, 5.41) is 2.62. The minimum absolute atomic E-state index is 0.196. The van der Waals surface area contributed by atoms with Crippen LogP contribution in [-0.4, -0.2) is 29.5 Å². The van der Waals surface area contributed by atoms with E-state index in [1.54, 1.807) is 30.3 Å². The van der Waals surface area contributed by atoms with Gasteiger partial charge in [-0.05, 0) is 43.7 Å². The Hall–Kier alpha value is -3.67. The molecule has 0 bridgehead atoms. The Kier molecular flexibility index (Phi) is 7.16. The van der Waals surface area contributed by atoms with E-state index >= 15 is 0 Å². The molecule has 0 unspecified atom stereocenters. The van der Waals surface area contributed by atoms with Crippen LogP contribution in [-0.2, 0) is 11.3 Å². The molecule has 6 heteroatoms. The molecule has 1 aromatic heterocycles. The lowest BCUT2D eigenvalue weighted by molar-refractivity contribution is -0.117. The summed E-state index contributed by atoms with van der Waals surface area (Å²) in [6.45, 7) is 4.75. The molecule has 0 radical (unpaired) electrons. The van der Waals surface area contributed by atoms with Gasteiger partial charge < -0.3 is 14.6 Å². The van der Waals surface area contributed by atoms with Crippen molar-refractivity contribution in [3.8, 4) is 5.75 Å². The Morgan fingerprint density at radius 1 is 1.00 bits per heavy atom. The number of aromatic nitrogens is 1. The lowest BCUT2D eigenvalue weighted by Crippen LogP contribution is -2.31. The first-order valence-electron chi connectivity index (χ1n) is 9.85. The topological polar surface area (TPSA) is 72.7 Å². The van der Waals surface area contributed by atoms with Crippen molar-refractivity contribution in [2.45, 2.75) is 20.4 Å². The fraction of sp³-hybridized carbons (Fsp3) is 0.208. The van der Waals surface area contributed by atoms with Crippen LogP contribution in [0.5, 0.6) is 5.75 Å². The lowest BCUT2D eigenvalue weighted by Gasteiger charge is -2.10. The van der Waals surface area contributed by atoms with E-state index < -0.39 is 5.91 Å². The molecule has 3 rings (SSSR count). The quantitative estimate of drug-likeness (QED) is 0.659. The molecular weight excluding hydrogens is 378 g/mol. The van der Waals surface area contributed by atoms with E-state index in [0.29, 0.717) is 30.0 Å². The van der Waals surface area contributed by atoms with E-state index in [-0.39, 0.29) is 12.5 Å². The molecular formula is C24H25N3O3. The van der Waals surface area contributed by atoms with E-state index in [0.717, 1.165) is 5.56 Å². The zero-order chi connectivity index (χ0) is 21.3. The van der Waals surface area contributed by atoms with Gasteiger partial charge in [-0.1, -0.05) is 48.0 Å². The summed E-state index contributed by atoms with van der Waals surface area (Å²) in [5.74, 6) is -0.315. The van der Waals surface area contributed by atoms with Gasteiger partial charge in [0.1, 0.15) is 11.2 Å². The largest absolute Gasteiger partial charge is 0.493 e. The lowest BCUT2D eigenvalue weighted by atomic mass is 10.1. The Bertz CT molecular complexity index is 1090. The Labute approximate surface area is 175 Å². The van der Waals surface area contributed by atoms with Crippen LogP contribution < -0.4 is 15.5 Å². The van der Waals surface area contributed by atoms with Crippen molar-refractivity contribution in [2.75, 3.05) is 13.2 Å². The number of pyridine rings is 1. The summed E-state index contributed by atoms with van der Waals surface area (Å²) < 4.78 is 7.37. The molecule has 2 amide bonds. The second-order valence-corrected chi connectivity index (χ2v) is 6.79. The van der Waals surface area contributed by atoms with E-state index in [4.69, 9.17) is 4.74 Å². The molecule has 0 aliphatic rings. The van der Waals surface area contributed by atoms with Gasteiger partial charge in [-0.2, -0.15) is 4.99 Å². The van der Waals surface area contributed by atoms with Crippen molar-refractivity contribution >= 4 is 11.8 Å². The van der Waals surface area contributed by atoms with Crippen molar-refractivity contribution in [1.29, 1.82) is 0 Å². The summed E-state index contributed by atoms with van der Waals surface area (Å²) in [6.07, 6.45) is 1.88. The average Bonchev–Trinajstić information content (AvgIpc) is 2.75. The predicted octanol–water partition coefficient (Wildman–Crippen LogP) is 3.10. The number of hydrogen-bond acceptors (Lipinski definition) is 3. The molecule has 0 fully saturated rings. The van der Waals surface area contributed by atoms with E-state index in [1.807, 2.05) is 36.7 Å². The number of benzene rings is 2. The van der Waals surface area contributed by atoms with Crippen LogP contribution in [0.25, 0.3) is 0 Å². The molecule has 0 atom stereocenters. The van der Waals surface area contributed by atoms with Crippen molar-refractivity contribution in [1.82, 2.24) is 9.88 Å². The van der Waals surface area contributed by atoms with Gasteiger partial charge in [0.2, 0.25) is 0 Å². The second-order valence-electron chi connectivity index (χ2n) is 6.79. The van der Waals surface area contributed by atoms with Crippen LogP contribution in [0, 0.1) is 6.92 Å². The van der Waals surface area contributed by atoms with Crippen LogP contribution in [0.15, 0.2) is 77.9 Å². The summed E-state index contributed by atoms with van der Waals surface area (Å²) in [4.78, 5) is 29.0. The number of nitrogens with one attached hydrogen (secondary N) is 1. The summed E-state index contributed by atoms with van der Waals surface area (Å²) in [5.41, 5.74) is 3.23. The Balaban J connectivity index is 1.70. The Morgan fingerprint density at radius 3 is 2.50 bits per heavy atom. The molecule has 0 saturated carbocycles. The highest BCUT2D eigenvalue weighted by Gasteiger charge is 2.12. The van der Waals surface area contributed by atoms with Gasteiger partial charge in [-0.3, -0.25) is 9.59 Å². The molecule has 2 aromatic carbocycles. The van der Waals surface area contributed by atoms with Gasteiger partial charge in [0.05, 0.1) is 18.7 Å². The standard InChI is InChI=1S/C24H25N3O3/c1-3-30-21-9-5-4-8-20(21)24(29)25-16-23(28)26-22-10-6-7-15-27(22)17-19-13-11-18(2)12-14-19/h4-15H,3,16-17H2,1-2H3,(H,25,29). The average molecular weight is 403 g/mol. The maximum atomic E-state index is 12.4. The van der Waals surface area contributed by atoms with Crippen molar-refractivity contribution in [3.63, 3.8) is 0 Å². The fourth-order valence-electron chi connectivity index (χ4n) is 2.95. The third kappa shape index (κ3) is 5.67. The van der Waals surface area contributed by atoms with Gasteiger partial charge in [-0.15, -0.1) is 0 Å². The van der Waals surface area contributed by atoms with Crippen LogP contribution in [0.4, 0.5) is 0 Å². The molecule has 154 valence electrons. The van der Waals surface area contributed by atoms with E-state index in [1.165, 1.54) is 5.56 Å². The van der Waals surface area contributed by atoms with Crippen LogP contribution in [0.1, 0.15) is 28.4 Å². The van der Waals surface area contributed by atoms with Crippen LogP contribution in [0.2, 0.25) is 0 Å². The van der Waals surface area contributed by atoms with Crippen LogP contribution in [0.3, 0.4) is 0 Å². The van der Waals surface area contributed by atoms with Gasteiger partial charge in [0, 0.05) is 12.7 Å². The molecule has 0 aliphatic heterocycles. The molecule has 30 heavy (non-hydrogen) atoms. The minimum atomic E-state index is -0.430. The van der Waals surface area contributed by atoms with Gasteiger partial charge in [0.25, 0.3) is 11.8 Å².